The number of hydrazine groups is 1. The van der Waals surface area contributed by atoms with Gasteiger partial charge < -0.3 is 0 Å². The van der Waals surface area contributed by atoms with Gasteiger partial charge in [-0.3, -0.25) is 10.2 Å². The fourth-order valence-corrected chi connectivity index (χ4v) is 7.05. The largest absolute Gasteiger partial charge is 0.276 e. The molecular weight excluding hydrogens is 616 g/mol. The highest BCUT2D eigenvalue weighted by Crippen LogP contribution is 2.44. The molecule has 0 aromatic heterocycles. The van der Waals surface area contributed by atoms with Gasteiger partial charge in [0.2, 0.25) is 0 Å². The van der Waals surface area contributed by atoms with Crippen LogP contribution in [0, 0.1) is 6.92 Å². The number of rotatable bonds is 8. The molecule has 0 spiro atoms. The lowest BCUT2D eigenvalue weighted by molar-refractivity contribution is -0.116. The number of nitrogens with one attached hydrogen (secondary N) is 1. The van der Waals surface area contributed by atoms with E-state index in [1.807, 2.05) is 25.1 Å². The maximum atomic E-state index is 14.1. The van der Waals surface area contributed by atoms with Crippen LogP contribution < -0.4 is 10.4 Å². The molecule has 1 unspecified atom stereocenters. The van der Waals surface area contributed by atoms with Gasteiger partial charge in [0.05, 0.1) is 20.8 Å². The molecule has 3 aromatic carbocycles. The van der Waals surface area contributed by atoms with Crippen molar-refractivity contribution in [3.8, 4) is 0 Å². The van der Waals surface area contributed by atoms with Crippen molar-refractivity contribution in [3.63, 3.8) is 0 Å². The normalized spacial score (nSPS) is 17.0. The van der Waals surface area contributed by atoms with Crippen LogP contribution in [0.3, 0.4) is 0 Å². The number of amidine groups is 1. The monoisotopic (exact) mass is 649 g/mol. The van der Waals surface area contributed by atoms with E-state index in [2.05, 4.69) is 65.2 Å². The fraction of sp³-hybridized carbons (Fsp3) is 0.375. The Labute approximate surface area is 267 Å². The van der Waals surface area contributed by atoms with E-state index in [1.54, 1.807) is 12.1 Å². The summed E-state index contributed by atoms with van der Waals surface area (Å²) in [6, 6.07) is 15.4. The number of hydrogen-bond donors (Lipinski definition) is 1. The van der Waals surface area contributed by atoms with Crippen molar-refractivity contribution in [2.24, 2.45) is 4.99 Å². The van der Waals surface area contributed by atoms with Crippen molar-refractivity contribution >= 4 is 81.3 Å². The van der Waals surface area contributed by atoms with Gasteiger partial charge in [0.15, 0.2) is 0 Å². The van der Waals surface area contributed by atoms with Gasteiger partial charge in [-0.05, 0) is 77.6 Å². The molecule has 1 fully saturated rings. The summed E-state index contributed by atoms with van der Waals surface area (Å²) in [7, 11) is 0. The topological polar surface area (TPSA) is 44.7 Å². The minimum atomic E-state index is -0.702. The molecule has 0 radical (unpaired) electrons. The van der Waals surface area contributed by atoms with Crippen LogP contribution in [0.5, 0.6) is 0 Å². The Morgan fingerprint density at radius 2 is 1.51 bits per heavy atom. The van der Waals surface area contributed by atoms with Crippen LogP contribution in [-0.4, -0.2) is 17.0 Å². The zero-order valence-corrected chi connectivity index (χ0v) is 28.2. The molecule has 0 saturated carbocycles. The standard InChI is InChI=1S/C32H35Cl4N3OS/c1-8-31(4,5)19-11-13-26(21(15-19)32(6,7)9-2)41-28-29(37-25-12-10-18(3)14-22(25)34)38-39(30(28)40)27-23(35)16-20(33)17-24(27)36/h10-17,28H,8-9H2,1-7H3,(H,37,38). The van der Waals surface area contributed by atoms with Gasteiger partial charge in [0.1, 0.15) is 16.8 Å². The Kier molecular flexibility index (Phi) is 9.67. The number of aryl methyl sites for hydroxylation is 1. The second-order valence-corrected chi connectivity index (χ2v) is 14.4. The second kappa shape index (κ2) is 12.4. The number of halogens is 4. The van der Waals surface area contributed by atoms with Gasteiger partial charge in [0.25, 0.3) is 5.91 Å². The van der Waals surface area contributed by atoms with E-state index < -0.39 is 5.25 Å². The highest BCUT2D eigenvalue weighted by Gasteiger charge is 2.42. The Morgan fingerprint density at radius 1 is 0.878 bits per heavy atom. The van der Waals surface area contributed by atoms with E-state index in [1.165, 1.54) is 27.9 Å². The molecule has 4 nitrogen and oxygen atoms in total. The van der Waals surface area contributed by atoms with Gasteiger partial charge in [-0.1, -0.05) is 106 Å². The van der Waals surface area contributed by atoms with E-state index in [-0.39, 0.29) is 26.8 Å². The molecule has 1 aliphatic rings. The van der Waals surface area contributed by atoms with Gasteiger partial charge in [0, 0.05) is 9.92 Å². The zero-order chi connectivity index (χ0) is 30.3. The molecular formula is C32H35Cl4N3OS. The Bertz CT molecular complexity index is 1500. The number of amides is 1. The van der Waals surface area contributed by atoms with E-state index in [9.17, 15) is 4.79 Å². The number of anilines is 1. The molecule has 41 heavy (non-hydrogen) atoms. The third-order valence-corrected chi connectivity index (χ3v) is 10.3. The van der Waals surface area contributed by atoms with Crippen molar-refractivity contribution in [3.05, 3.63) is 85.3 Å². The van der Waals surface area contributed by atoms with Crippen LogP contribution in [0.1, 0.15) is 71.1 Å². The van der Waals surface area contributed by atoms with Crippen molar-refractivity contribution < 1.29 is 4.79 Å². The smallest absolute Gasteiger partial charge is 0.267 e. The van der Waals surface area contributed by atoms with Gasteiger partial charge in [-0.25, -0.2) is 10.0 Å². The number of nitrogens with zero attached hydrogens (tertiary/aromatic N) is 2. The van der Waals surface area contributed by atoms with E-state index in [4.69, 9.17) is 51.4 Å². The summed E-state index contributed by atoms with van der Waals surface area (Å²) in [4.78, 5) is 20.0. The first kappa shape index (κ1) is 32.0. The molecule has 1 N–H and O–H groups in total. The summed E-state index contributed by atoms with van der Waals surface area (Å²) >= 11 is 27.3. The quantitative estimate of drug-likeness (QED) is 0.264. The first-order chi connectivity index (χ1) is 19.2. The second-order valence-electron chi connectivity index (χ2n) is 11.6. The number of aliphatic imine (C=N–C) groups is 1. The summed E-state index contributed by atoms with van der Waals surface area (Å²) in [6.45, 7) is 15.4. The summed E-state index contributed by atoms with van der Waals surface area (Å²) in [5.74, 6) is 0.187. The maximum Gasteiger partial charge on any atom is 0.267 e. The zero-order valence-electron chi connectivity index (χ0n) is 24.3. The molecule has 1 saturated heterocycles. The lowest BCUT2D eigenvalue weighted by Gasteiger charge is -2.31. The van der Waals surface area contributed by atoms with Crippen LogP contribution in [0.15, 0.2) is 58.4 Å². The highest BCUT2D eigenvalue weighted by atomic mass is 35.5. The van der Waals surface area contributed by atoms with Gasteiger partial charge >= 0.3 is 0 Å². The SMILES string of the molecule is CCC(C)(C)c1ccc(SC2C(=O)N(c3c(Cl)cc(Cl)cc3Cl)NC2=Nc2ccc(C)cc2Cl)c(C(C)(C)CC)c1. The number of carbonyl (C=O) groups excluding carboxylic acids is 1. The molecule has 0 aliphatic carbocycles. The van der Waals surface area contributed by atoms with Crippen molar-refractivity contribution in [1.29, 1.82) is 0 Å². The van der Waals surface area contributed by atoms with Gasteiger partial charge in [-0.2, -0.15) is 0 Å². The lowest BCUT2D eigenvalue weighted by Crippen LogP contribution is -2.36. The van der Waals surface area contributed by atoms with Crippen molar-refractivity contribution in [2.45, 2.75) is 82.3 Å². The maximum absolute atomic E-state index is 14.1. The summed E-state index contributed by atoms with van der Waals surface area (Å²) in [6.07, 6.45) is 1.96. The Balaban J connectivity index is 1.86. The third kappa shape index (κ3) is 6.70. The molecule has 4 rings (SSSR count). The Morgan fingerprint density at radius 3 is 2.10 bits per heavy atom. The highest BCUT2D eigenvalue weighted by molar-refractivity contribution is 8.01. The minimum Gasteiger partial charge on any atom is -0.276 e. The molecule has 0 bridgehead atoms. The minimum absolute atomic E-state index is 0.0280. The van der Waals surface area contributed by atoms with Crippen LogP contribution in [0.2, 0.25) is 20.1 Å². The molecule has 1 amide bonds. The van der Waals surface area contributed by atoms with Crippen LogP contribution >= 0.6 is 58.2 Å². The summed E-state index contributed by atoms with van der Waals surface area (Å²) in [5, 5.41) is 2.03. The third-order valence-electron chi connectivity index (χ3n) is 7.97. The fourth-order valence-electron chi connectivity index (χ4n) is 4.50. The molecule has 3 aromatic rings. The average Bonchev–Trinajstić information content (AvgIpc) is 3.19. The van der Waals surface area contributed by atoms with E-state index in [0.717, 1.165) is 23.3 Å². The Hall–Kier alpha value is -1.89. The number of thioether (sulfide) groups is 1. The van der Waals surface area contributed by atoms with Crippen LogP contribution in [0.25, 0.3) is 0 Å². The first-order valence-corrected chi connectivity index (χ1v) is 16.0. The van der Waals surface area contributed by atoms with E-state index >= 15 is 0 Å². The van der Waals surface area contributed by atoms with E-state index in [0.29, 0.717) is 27.3 Å². The predicted octanol–water partition coefficient (Wildman–Crippen LogP) is 10.7. The van der Waals surface area contributed by atoms with Crippen LogP contribution in [-0.2, 0) is 15.6 Å². The first-order valence-electron chi connectivity index (χ1n) is 13.6. The molecule has 9 heteroatoms. The van der Waals surface area contributed by atoms with Crippen LogP contribution in [0.4, 0.5) is 11.4 Å². The van der Waals surface area contributed by atoms with Crippen molar-refractivity contribution in [2.75, 3.05) is 5.01 Å². The lowest BCUT2D eigenvalue weighted by atomic mass is 9.76. The number of hydrogen-bond acceptors (Lipinski definition) is 3. The van der Waals surface area contributed by atoms with Gasteiger partial charge in [-0.15, -0.1) is 11.8 Å². The van der Waals surface area contributed by atoms with Crippen molar-refractivity contribution in [1.82, 2.24) is 5.43 Å². The number of benzene rings is 3. The molecule has 218 valence electrons. The molecule has 1 aliphatic heterocycles. The average molecular weight is 652 g/mol. The molecule has 1 heterocycles. The number of carbonyl (C=O) groups is 1. The summed E-state index contributed by atoms with van der Waals surface area (Å²) < 4.78 is 0. The summed E-state index contributed by atoms with van der Waals surface area (Å²) in [5.41, 5.74) is 7.46. The molecule has 1 atom stereocenters. The predicted molar refractivity (Wildman–Crippen MR) is 178 cm³/mol.